The van der Waals surface area contributed by atoms with E-state index in [0.29, 0.717) is 12.4 Å². The fraction of sp³-hybridized carbons (Fsp3) is 0.357. The first-order valence-corrected chi connectivity index (χ1v) is 8.32. The second kappa shape index (κ2) is 6.84. The number of sulfonamides is 1. The Hall–Kier alpha value is -1.70. The number of H-pyrrole nitrogens is 1. The Morgan fingerprint density at radius 3 is 2.62 bits per heavy atom. The molecule has 2 aromatic rings. The van der Waals surface area contributed by atoms with Crippen LogP contribution in [0.4, 0.5) is 0 Å². The fourth-order valence-electron chi connectivity index (χ4n) is 2.01. The monoisotopic (exact) mass is 308 g/mol. The van der Waals surface area contributed by atoms with Crippen LogP contribution < -0.4 is 10.5 Å². The molecule has 0 bridgehead atoms. The van der Waals surface area contributed by atoms with Crippen molar-refractivity contribution in [2.75, 3.05) is 6.54 Å². The molecule has 0 fully saturated rings. The molecule has 1 aromatic carbocycles. The zero-order valence-electron chi connectivity index (χ0n) is 11.9. The average molecular weight is 308 g/mol. The number of aryl methyl sites for hydroxylation is 1. The number of nitrogens with one attached hydrogen (secondary N) is 2. The molecular formula is C14H20N4O2S. The van der Waals surface area contributed by atoms with Crippen molar-refractivity contribution >= 4 is 10.0 Å². The van der Waals surface area contributed by atoms with Crippen LogP contribution in [0.1, 0.15) is 30.8 Å². The minimum Gasteiger partial charge on any atom is -0.347 e. The van der Waals surface area contributed by atoms with Gasteiger partial charge < -0.3 is 10.7 Å². The zero-order valence-corrected chi connectivity index (χ0v) is 12.7. The maximum absolute atomic E-state index is 12.3. The zero-order chi connectivity index (χ0) is 15.3. The van der Waals surface area contributed by atoms with Gasteiger partial charge in [0.15, 0.2) is 0 Å². The van der Waals surface area contributed by atoms with E-state index < -0.39 is 16.1 Å². The van der Waals surface area contributed by atoms with E-state index in [9.17, 15) is 8.42 Å². The van der Waals surface area contributed by atoms with Crippen LogP contribution in [0.5, 0.6) is 0 Å². The van der Waals surface area contributed by atoms with Crippen molar-refractivity contribution in [3.05, 3.63) is 48.0 Å². The highest BCUT2D eigenvalue weighted by Crippen LogP contribution is 2.15. The Morgan fingerprint density at radius 1 is 1.33 bits per heavy atom. The van der Waals surface area contributed by atoms with Crippen LogP contribution in [0.3, 0.4) is 0 Å². The first kappa shape index (κ1) is 15.7. The van der Waals surface area contributed by atoms with Gasteiger partial charge in [0.2, 0.25) is 10.0 Å². The Bertz CT molecular complexity index is 651. The second-order valence-electron chi connectivity index (χ2n) is 4.85. The van der Waals surface area contributed by atoms with E-state index in [1.165, 1.54) is 0 Å². The van der Waals surface area contributed by atoms with E-state index in [2.05, 4.69) is 14.7 Å². The lowest BCUT2D eigenvalue weighted by Crippen LogP contribution is -2.27. The van der Waals surface area contributed by atoms with Crippen LogP contribution in [-0.4, -0.2) is 24.9 Å². The number of nitrogens with two attached hydrogens (primary N) is 1. The number of rotatable bonds is 7. The minimum atomic E-state index is -3.56. The number of aromatic nitrogens is 2. The third-order valence-corrected chi connectivity index (χ3v) is 4.72. The van der Waals surface area contributed by atoms with Gasteiger partial charge in [-0.2, -0.15) is 0 Å². The van der Waals surface area contributed by atoms with Crippen molar-refractivity contribution in [2.45, 2.75) is 30.7 Å². The number of imidazole rings is 1. The molecule has 1 unspecified atom stereocenters. The molecule has 1 atom stereocenters. The number of aromatic amines is 1. The smallest absolute Gasteiger partial charge is 0.241 e. The van der Waals surface area contributed by atoms with Gasteiger partial charge in [-0.3, -0.25) is 0 Å². The van der Waals surface area contributed by atoms with Gasteiger partial charge in [-0.25, -0.2) is 18.1 Å². The van der Waals surface area contributed by atoms with E-state index in [1.807, 2.05) is 12.1 Å². The first-order valence-electron chi connectivity index (χ1n) is 6.83. The highest BCUT2D eigenvalue weighted by Gasteiger charge is 2.19. The second-order valence-corrected chi connectivity index (χ2v) is 6.57. The van der Waals surface area contributed by atoms with Crippen LogP contribution in [0.25, 0.3) is 0 Å². The summed E-state index contributed by atoms with van der Waals surface area (Å²) >= 11 is 0. The van der Waals surface area contributed by atoms with E-state index >= 15 is 0 Å². The Balaban J connectivity index is 2.08. The Kier molecular flexibility index (Phi) is 5.11. The number of nitrogens with zero attached hydrogens (tertiary/aromatic N) is 1. The summed E-state index contributed by atoms with van der Waals surface area (Å²) < 4.78 is 27.2. The molecule has 114 valence electrons. The topological polar surface area (TPSA) is 101 Å². The van der Waals surface area contributed by atoms with Crippen LogP contribution >= 0.6 is 0 Å². The summed E-state index contributed by atoms with van der Waals surface area (Å²) in [6, 6.07) is 6.46. The van der Waals surface area contributed by atoms with Gasteiger partial charge in [-0.1, -0.05) is 12.1 Å². The highest BCUT2D eigenvalue weighted by atomic mass is 32.2. The molecule has 7 heteroatoms. The van der Waals surface area contributed by atoms with Crippen molar-refractivity contribution in [1.82, 2.24) is 14.7 Å². The molecule has 6 nitrogen and oxygen atoms in total. The van der Waals surface area contributed by atoms with Crippen molar-refractivity contribution in [2.24, 2.45) is 5.73 Å². The Labute approximate surface area is 124 Å². The normalized spacial score (nSPS) is 13.2. The SMILES string of the molecule is CC(NS(=O)(=O)c1ccc(CCCN)cc1)c1ncc[nH]1. The maximum atomic E-state index is 12.3. The standard InChI is InChI=1S/C14H20N4O2S/c1-11(14-16-9-10-17-14)18-21(19,20)13-6-4-12(5-7-13)3-2-8-15/h4-7,9-11,18H,2-3,8,15H2,1H3,(H,16,17). The van der Waals surface area contributed by atoms with Crippen molar-refractivity contribution in [1.29, 1.82) is 0 Å². The van der Waals surface area contributed by atoms with Gasteiger partial charge in [0, 0.05) is 12.4 Å². The summed E-state index contributed by atoms with van der Waals surface area (Å²) in [7, 11) is -3.56. The van der Waals surface area contributed by atoms with Crippen LogP contribution in [0, 0.1) is 0 Å². The van der Waals surface area contributed by atoms with Gasteiger partial charge in [0.25, 0.3) is 0 Å². The largest absolute Gasteiger partial charge is 0.347 e. The molecule has 0 amide bonds. The predicted molar refractivity (Wildman–Crippen MR) is 81.1 cm³/mol. The van der Waals surface area contributed by atoms with Crippen molar-refractivity contribution < 1.29 is 8.42 Å². The summed E-state index contributed by atoms with van der Waals surface area (Å²) in [6.45, 7) is 2.37. The molecule has 21 heavy (non-hydrogen) atoms. The molecule has 0 aliphatic rings. The molecule has 2 rings (SSSR count). The summed E-state index contributed by atoms with van der Waals surface area (Å²) in [5.41, 5.74) is 6.54. The summed E-state index contributed by atoms with van der Waals surface area (Å²) in [6.07, 6.45) is 4.99. The van der Waals surface area contributed by atoms with Gasteiger partial charge in [-0.15, -0.1) is 0 Å². The van der Waals surface area contributed by atoms with Gasteiger partial charge in [0.1, 0.15) is 5.82 Å². The molecule has 0 aliphatic heterocycles. The minimum absolute atomic E-state index is 0.248. The Morgan fingerprint density at radius 2 is 2.05 bits per heavy atom. The first-order chi connectivity index (χ1) is 10.0. The molecule has 1 aromatic heterocycles. The summed E-state index contributed by atoms with van der Waals surface area (Å²) in [4.78, 5) is 7.19. The molecule has 4 N–H and O–H groups in total. The lowest BCUT2D eigenvalue weighted by atomic mass is 10.1. The van der Waals surface area contributed by atoms with E-state index in [0.717, 1.165) is 18.4 Å². The molecule has 0 saturated carbocycles. The fourth-order valence-corrected chi connectivity index (χ4v) is 3.22. The van der Waals surface area contributed by atoms with E-state index in [-0.39, 0.29) is 4.90 Å². The van der Waals surface area contributed by atoms with Crippen LogP contribution in [0.15, 0.2) is 41.6 Å². The van der Waals surface area contributed by atoms with Gasteiger partial charge in [-0.05, 0) is 44.0 Å². The highest BCUT2D eigenvalue weighted by molar-refractivity contribution is 7.89. The van der Waals surface area contributed by atoms with Gasteiger partial charge >= 0.3 is 0 Å². The van der Waals surface area contributed by atoms with Crippen molar-refractivity contribution in [3.63, 3.8) is 0 Å². The molecule has 0 radical (unpaired) electrons. The number of benzene rings is 1. The lowest BCUT2D eigenvalue weighted by Gasteiger charge is -2.12. The third kappa shape index (κ3) is 4.13. The van der Waals surface area contributed by atoms with Gasteiger partial charge in [0.05, 0.1) is 10.9 Å². The van der Waals surface area contributed by atoms with E-state index in [4.69, 9.17) is 5.73 Å². The van der Waals surface area contributed by atoms with Crippen LogP contribution in [-0.2, 0) is 16.4 Å². The summed E-state index contributed by atoms with van der Waals surface area (Å²) in [5.74, 6) is 0.582. The number of hydrogen-bond donors (Lipinski definition) is 3. The summed E-state index contributed by atoms with van der Waals surface area (Å²) in [5, 5.41) is 0. The van der Waals surface area contributed by atoms with Crippen molar-refractivity contribution in [3.8, 4) is 0 Å². The van der Waals surface area contributed by atoms with E-state index in [1.54, 1.807) is 31.5 Å². The molecular weight excluding hydrogens is 288 g/mol. The maximum Gasteiger partial charge on any atom is 0.241 e. The predicted octanol–water partition coefficient (Wildman–Crippen LogP) is 1.34. The molecule has 0 saturated heterocycles. The number of hydrogen-bond acceptors (Lipinski definition) is 4. The van der Waals surface area contributed by atoms with Crippen LogP contribution in [0.2, 0.25) is 0 Å². The quantitative estimate of drug-likeness (QED) is 0.718. The lowest BCUT2D eigenvalue weighted by molar-refractivity contribution is 0.561. The molecule has 0 spiro atoms. The molecule has 0 aliphatic carbocycles. The average Bonchev–Trinajstić information content (AvgIpc) is 2.99. The molecule has 1 heterocycles. The third-order valence-electron chi connectivity index (χ3n) is 3.16.